The van der Waals surface area contributed by atoms with Gasteiger partial charge in [-0.15, -0.1) is 0 Å². The minimum absolute atomic E-state index is 0.0259. The lowest BCUT2D eigenvalue weighted by atomic mass is 10.0. The number of anilines is 1. The third-order valence-corrected chi connectivity index (χ3v) is 9.08. The number of fused-ring (bicyclic) bond motifs is 1. The molecule has 0 aromatic heterocycles. The Morgan fingerprint density at radius 3 is 2.46 bits per heavy atom. The standard InChI is InChI=1S/C24H21ClFN5O5S/c25-19-11-16(2-1-14(19)12-27)37(35,36)30-7-5-29(6-8-30)21-10-15(26)9-17-18(21)13-31(24(17)34)20-3-4-22(32)28-23(20)33/h1-2,9-11,20H,3-8,13H2,(H,28,32,33). The molecular formula is C24H21ClFN5O5S. The van der Waals surface area contributed by atoms with Crippen molar-refractivity contribution in [3.05, 3.63) is 57.9 Å². The number of amides is 3. The molecule has 2 aromatic carbocycles. The summed E-state index contributed by atoms with van der Waals surface area (Å²) in [7, 11) is -3.87. The molecule has 0 radical (unpaired) electrons. The van der Waals surface area contributed by atoms with Gasteiger partial charge in [-0.25, -0.2) is 12.8 Å². The molecule has 37 heavy (non-hydrogen) atoms. The molecule has 1 N–H and O–H groups in total. The highest BCUT2D eigenvalue weighted by Crippen LogP contribution is 2.36. The molecule has 1 unspecified atom stereocenters. The van der Waals surface area contributed by atoms with E-state index in [0.717, 1.165) is 6.07 Å². The van der Waals surface area contributed by atoms with E-state index in [2.05, 4.69) is 5.32 Å². The first-order chi connectivity index (χ1) is 17.6. The van der Waals surface area contributed by atoms with E-state index in [1.807, 2.05) is 11.0 Å². The molecule has 1 atom stereocenters. The van der Waals surface area contributed by atoms with Gasteiger partial charge in [-0.1, -0.05) is 11.6 Å². The second-order valence-corrected chi connectivity index (χ2v) is 11.3. The van der Waals surface area contributed by atoms with Crippen molar-refractivity contribution in [3.8, 4) is 6.07 Å². The van der Waals surface area contributed by atoms with Crippen molar-refractivity contribution >= 4 is 45.0 Å². The van der Waals surface area contributed by atoms with Crippen LogP contribution in [-0.2, 0) is 26.2 Å². The second-order valence-electron chi connectivity index (χ2n) is 9.00. The average molecular weight is 546 g/mol. The zero-order chi connectivity index (χ0) is 26.5. The average Bonchev–Trinajstić information content (AvgIpc) is 3.19. The summed E-state index contributed by atoms with van der Waals surface area (Å²) in [6, 6.07) is 7.45. The summed E-state index contributed by atoms with van der Waals surface area (Å²) < 4.78 is 42.1. The number of piperidine rings is 1. The van der Waals surface area contributed by atoms with Gasteiger partial charge in [-0.05, 0) is 36.8 Å². The highest BCUT2D eigenvalue weighted by atomic mass is 35.5. The van der Waals surface area contributed by atoms with Crippen molar-refractivity contribution in [3.63, 3.8) is 0 Å². The Morgan fingerprint density at radius 2 is 1.81 bits per heavy atom. The van der Waals surface area contributed by atoms with Crippen molar-refractivity contribution < 1.29 is 27.2 Å². The van der Waals surface area contributed by atoms with Gasteiger partial charge in [0.05, 0.1) is 15.5 Å². The van der Waals surface area contributed by atoms with E-state index in [9.17, 15) is 27.2 Å². The third-order valence-electron chi connectivity index (χ3n) is 6.88. The van der Waals surface area contributed by atoms with E-state index in [0.29, 0.717) is 11.3 Å². The minimum Gasteiger partial charge on any atom is -0.369 e. The van der Waals surface area contributed by atoms with E-state index in [1.165, 1.54) is 33.5 Å². The quantitative estimate of drug-likeness (QED) is 0.578. The fourth-order valence-corrected chi connectivity index (χ4v) is 6.69. The van der Waals surface area contributed by atoms with E-state index in [1.54, 1.807) is 0 Å². The van der Waals surface area contributed by atoms with Crippen molar-refractivity contribution in [2.45, 2.75) is 30.3 Å². The number of piperazine rings is 1. The predicted molar refractivity (Wildman–Crippen MR) is 130 cm³/mol. The number of benzene rings is 2. The summed E-state index contributed by atoms with van der Waals surface area (Å²) in [5.41, 5.74) is 1.36. The van der Waals surface area contributed by atoms with Crippen LogP contribution in [0.25, 0.3) is 0 Å². The van der Waals surface area contributed by atoms with Crippen molar-refractivity contribution in [2.75, 3.05) is 31.1 Å². The van der Waals surface area contributed by atoms with Crippen LogP contribution in [0.3, 0.4) is 0 Å². The van der Waals surface area contributed by atoms with Gasteiger partial charge in [-0.3, -0.25) is 19.7 Å². The lowest BCUT2D eigenvalue weighted by Crippen LogP contribution is -2.52. The number of imide groups is 1. The monoisotopic (exact) mass is 545 g/mol. The summed E-state index contributed by atoms with van der Waals surface area (Å²) in [5.74, 6) is -2.05. The fourth-order valence-electron chi connectivity index (χ4n) is 4.95. The number of sulfonamides is 1. The van der Waals surface area contributed by atoms with Crippen LogP contribution < -0.4 is 10.2 Å². The first kappa shape index (κ1) is 25.1. The lowest BCUT2D eigenvalue weighted by molar-refractivity contribution is -0.136. The molecule has 192 valence electrons. The van der Waals surface area contributed by atoms with Crippen molar-refractivity contribution in [2.24, 2.45) is 0 Å². The molecule has 2 aromatic rings. The maximum absolute atomic E-state index is 14.6. The summed E-state index contributed by atoms with van der Waals surface area (Å²) in [6.45, 7) is 0.780. The Morgan fingerprint density at radius 1 is 1.08 bits per heavy atom. The van der Waals surface area contributed by atoms with Crippen molar-refractivity contribution in [1.29, 1.82) is 5.26 Å². The Balaban J connectivity index is 1.35. The summed E-state index contributed by atoms with van der Waals surface area (Å²) >= 11 is 6.02. The van der Waals surface area contributed by atoms with Crippen LogP contribution in [0.4, 0.5) is 10.1 Å². The summed E-state index contributed by atoms with van der Waals surface area (Å²) in [6.07, 6.45) is 0.302. The maximum atomic E-state index is 14.6. The first-order valence-corrected chi connectivity index (χ1v) is 13.3. The SMILES string of the molecule is N#Cc1ccc(S(=O)(=O)N2CCN(c3cc(F)cc4c3CN(C3CCC(=O)NC3=O)C4=O)CC2)cc1Cl. The zero-order valence-electron chi connectivity index (χ0n) is 19.4. The number of carbonyl (C=O) groups is 3. The molecule has 5 rings (SSSR count). The van der Waals surface area contributed by atoms with Crippen LogP contribution in [-0.4, -0.2) is 67.6 Å². The molecule has 3 amide bonds. The molecule has 0 spiro atoms. The van der Waals surface area contributed by atoms with Crippen molar-refractivity contribution in [1.82, 2.24) is 14.5 Å². The Kier molecular flexibility index (Phi) is 6.39. The van der Waals surface area contributed by atoms with Gasteiger partial charge in [0.15, 0.2) is 0 Å². The van der Waals surface area contributed by atoms with Crippen LogP contribution in [0.5, 0.6) is 0 Å². The Bertz CT molecular complexity index is 1480. The Labute approximate surface area is 217 Å². The van der Waals surface area contributed by atoms with Crippen LogP contribution >= 0.6 is 11.6 Å². The molecule has 0 saturated carbocycles. The molecule has 3 aliphatic rings. The molecule has 10 nitrogen and oxygen atoms in total. The number of nitrogens with zero attached hydrogens (tertiary/aromatic N) is 4. The maximum Gasteiger partial charge on any atom is 0.255 e. The van der Waals surface area contributed by atoms with Crippen LogP contribution in [0.1, 0.15) is 34.3 Å². The smallest absolute Gasteiger partial charge is 0.255 e. The van der Waals surface area contributed by atoms with Gasteiger partial charge < -0.3 is 9.80 Å². The molecular weight excluding hydrogens is 525 g/mol. The number of hydrogen-bond acceptors (Lipinski definition) is 7. The third kappa shape index (κ3) is 4.43. The summed E-state index contributed by atoms with van der Waals surface area (Å²) in [4.78, 5) is 40.1. The predicted octanol–water partition coefficient (Wildman–Crippen LogP) is 1.62. The lowest BCUT2D eigenvalue weighted by Gasteiger charge is -2.36. The van der Waals surface area contributed by atoms with Gasteiger partial charge in [0.25, 0.3) is 5.91 Å². The fraction of sp³-hybridized carbons (Fsp3) is 0.333. The highest BCUT2D eigenvalue weighted by Gasteiger charge is 2.41. The van der Waals surface area contributed by atoms with Crippen LogP contribution in [0.15, 0.2) is 35.2 Å². The number of halogens is 2. The van der Waals surface area contributed by atoms with Crippen LogP contribution in [0, 0.1) is 17.1 Å². The van der Waals surface area contributed by atoms with E-state index in [-0.39, 0.29) is 66.6 Å². The molecule has 13 heteroatoms. The van der Waals surface area contributed by atoms with E-state index in [4.69, 9.17) is 16.9 Å². The first-order valence-electron chi connectivity index (χ1n) is 11.5. The second kappa shape index (κ2) is 9.41. The Hall–Kier alpha value is -3.53. The molecule has 3 aliphatic heterocycles. The highest BCUT2D eigenvalue weighted by molar-refractivity contribution is 7.89. The summed E-state index contributed by atoms with van der Waals surface area (Å²) in [5, 5.41) is 11.3. The number of carbonyl (C=O) groups excluding carboxylic acids is 3. The number of rotatable bonds is 4. The van der Waals surface area contributed by atoms with Gasteiger partial charge in [-0.2, -0.15) is 9.57 Å². The molecule has 3 heterocycles. The van der Waals surface area contributed by atoms with Gasteiger partial charge in [0.1, 0.15) is 17.9 Å². The normalized spacial score (nSPS) is 20.6. The zero-order valence-corrected chi connectivity index (χ0v) is 21.0. The number of nitrogens with one attached hydrogen (secondary N) is 1. The van der Waals surface area contributed by atoms with E-state index < -0.39 is 39.6 Å². The minimum atomic E-state index is -3.87. The van der Waals surface area contributed by atoms with Gasteiger partial charge in [0.2, 0.25) is 21.8 Å². The van der Waals surface area contributed by atoms with Gasteiger partial charge in [0, 0.05) is 56.0 Å². The molecule has 2 saturated heterocycles. The number of hydrogen-bond donors (Lipinski definition) is 1. The number of nitriles is 1. The van der Waals surface area contributed by atoms with Gasteiger partial charge >= 0.3 is 0 Å². The van der Waals surface area contributed by atoms with Crippen LogP contribution in [0.2, 0.25) is 5.02 Å². The molecule has 0 bridgehead atoms. The largest absolute Gasteiger partial charge is 0.369 e. The van der Waals surface area contributed by atoms with E-state index >= 15 is 0 Å². The topological polar surface area (TPSA) is 131 Å². The molecule has 2 fully saturated rings. The molecule has 0 aliphatic carbocycles.